The summed E-state index contributed by atoms with van der Waals surface area (Å²) in [5.74, 6) is -3.45. The van der Waals surface area contributed by atoms with Gasteiger partial charge in [-0.1, -0.05) is 84.8 Å². The Morgan fingerprint density at radius 1 is 0.818 bits per heavy atom. The maximum absolute atomic E-state index is 12.9. The highest BCUT2D eigenvalue weighted by Gasteiger charge is 2.23. The van der Waals surface area contributed by atoms with Crippen LogP contribution >= 0.6 is 21.6 Å². The minimum absolute atomic E-state index is 0.107. The topological polar surface area (TPSA) is 176 Å². The average molecular weight is 643 g/mol. The lowest BCUT2D eigenvalue weighted by molar-refractivity contribution is -0.146. The summed E-state index contributed by atoms with van der Waals surface area (Å²) in [5, 5.41) is 26.9. The van der Waals surface area contributed by atoms with Crippen molar-refractivity contribution in [2.45, 2.75) is 44.4 Å². The number of rotatable bonds is 14. The van der Waals surface area contributed by atoms with Crippen LogP contribution in [0.4, 0.5) is 0 Å². The second kappa shape index (κ2) is 15.9. The molecule has 3 amide bonds. The van der Waals surface area contributed by atoms with Crippen molar-refractivity contribution in [3.8, 4) is 11.8 Å². The fourth-order valence-electron chi connectivity index (χ4n) is 3.55. The number of hydrogen-bond donors (Lipinski definition) is 5. The third-order valence-electron chi connectivity index (χ3n) is 5.70. The molecular formula is C30H34N4O8S2. The average Bonchev–Trinajstić information content (AvgIpc) is 3.31. The molecule has 0 saturated heterocycles. The highest BCUT2D eigenvalue weighted by Crippen LogP contribution is 2.35. The van der Waals surface area contributed by atoms with Crippen molar-refractivity contribution in [2.24, 2.45) is 0 Å². The van der Waals surface area contributed by atoms with E-state index >= 15 is 0 Å². The van der Waals surface area contributed by atoms with Gasteiger partial charge in [0, 0.05) is 45.7 Å². The van der Waals surface area contributed by atoms with Gasteiger partial charge in [0.15, 0.2) is 5.78 Å². The number of ketones is 1. The quantitative estimate of drug-likeness (QED) is 0.0998. The van der Waals surface area contributed by atoms with Gasteiger partial charge in [0.1, 0.15) is 6.04 Å². The van der Waals surface area contributed by atoms with Gasteiger partial charge in [-0.15, -0.1) is 4.73 Å². The maximum atomic E-state index is 12.9. The molecule has 1 heterocycles. The third kappa shape index (κ3) is 10.7. The normalized spacial score (nSPS) is 11.7. The number of aromatic hydroxyl groups is 2. The van der Waals surface area contributed by atoms with E-state index in [-0.39, 0.29) is 35.8 Å². The van der Waals surface area contributed by atoms with Crippen LogP contribution < -0.4 is 20.8 Å². The minimum atomic E-state index is -0.976. The summed E-state index contributed by atoms with van der Waals surface area (Å²) in [6.45, 7) is 5.79. The van der Waals surface area contributed by atoms with Crippen LogP contribution in [-0.4, -0.2) is 67.6 Å². The second-order valence-corrected chi connectivity index (χ2v) is 13.6. The zero-order chi connectivity index (χ0) is 32.3. The highest BCUT2D eigenvalue weighted by molar-refractivity contribution is 8.77. The molecule has 2 aromatic carbocycles. The Bertz CT molecular complexity index is 1450. The Balaban J connectivity index is 1.51. The first-order valence-electron chi connectivity index (χ1n) is 13.5. The molecule has 3 rings (SSSR count). The molecule has 0 radical (unpaired) electrons. The summed E-state index contributed by atoms with van der Waals surface area (Å²) < 4.78 is 0.411. The standard InChI is InChI=1S/C30H34N4O8S2/c1-30(2,3)44-43-17-22(33-23(35)13-16-26(38)42-34-24(36)14-15-25(34)37)29(41)32-18-31-28(40)21-11-9-20(10-12-21)27(39)19-7-5-4-6-8-19/h4-12,14-15,22,36-37H,13,16-18H2,1-3H3,(H,31,40)(H,32,41)(H,33,35). The molecule has 0 aliphatic heterocycles. The van der Waals surface area contributed by atoms with Crippen LogP contribution in [0.15, 0.2) is 66.7 Å². The molecule has 14 heteroatoms. The lowest BCUT2D eigenvalue weighted by atomic mass is 10.0. The van der Waals surface area contributed by atoms with Gasteiger partial charge in [-0.3, -0.25) is 19.2 Å². The number of hydrogen-bond acceptors (Lipinski definition) is 10. The van der Waals surface area contributed by atoms with Crippen LogP contribution in [0.2, 0.25) is 0 Å². The molecule has 1 unspecified atom stereocenters. The van der Waals surface area contributed by atoms with E-state index in [2.05, 4.69) is 16.0 Å². The minimum Gasteiger partial charge on any atom is -0.492 e. The van der Waals surface area contributed by atoms with Crippen LogP contribution in [-0.2, 0) is 14.4 Å². The van der Waals surface area contributed by atoms with E-state index in [4.69, 9.17) is 4.84 Å². The molecule has 0 fully saturated rings. The van der Waals surface area contributed by atoms with Crippen molar-refractivity contribution < 1.29 is 39.0 Å². The summed E-state index contributed by atoms with van der Waals surface area (Å²) in [5.41, 5.74) is 1.25. The highest BCUT2D eigenvalue weighted by atomic mass is 33.1. The van der Waals surface area contributed by atoms with Crippen LogP contribution in [0.3, 0.4) is 0 Å². The van der Waals surface area contributed by atoms with Crippen molar-refractivity contribution in [1.29, 1.82) is 0 Å². The Morgan fingerprint density at radius 2 is 1.41 bits per heavy atom. The largest absolute Gasteiger partial charge is 0.492 e. The number of nitrogens with zero attached hydrogens (tertiary/aromatic N) is 1. The van der Waals surface area contributed by atoms with E-state index in [1.54, 1.807) is 36.4 Å². The number of aromatic nitrogens is 1. The van der Waals surface area contributed by atoms with Gasteiger partial charge in [0.2, 0.25) is 23.6 Å². The Morgan fingerprint density at radius 3 is 2.02 bits per heavy atom. The predicted octanol–water partition coefficient (Wildman–Crippen LogP) is 3.03. The first-order valence-corrected chi connectivity index (χ1v) is 15.8. The number of carbonyl (C=O) groups excluding carboxylic acids is 5. The summed E-state index contributed by atoms with van der Waals surface area (Å²) in [6, 6.07) is 16.2. The molecule has 0 aliphatic rings. The summed E-state index contributed by atoms with van der Waals surface area (Å²) >= 11 is 0. The van der Waals surface area contributed by atoms with Gasteiger partial charge < -0.3 is 31.0 Å². The molecule has 3 aromatic rings. The van der Waals surface area contributed by atoms with Crippen molar-refractivity contribution in [3.63, 3.8) is 0 Å². The molecule has 0 spiro atoms. The SMILES string of the molecule is CC(C)(C)SSCC(NC(=O)CCC(=O)On1c(O)ccc1O)C(=O)NCNC(=O)c1ccc(C(=O)c2ccccc2)cc1. The van der Waals surface area contributed by atoms with Gasteiger partial charge in [0.25, 0.3) is 5.91 Å². The van der Waals surface area contributed by atoms with Gasteiger partial charge in [0.05, 0.1) is 13.1 Å². The summed E-state index contributed by atoms with van der Waals surface area (Å²) in [6.07, 6.45) is -0.700. The van der Waals surface area contributed by atoms with Crippen LogP contribution in [0, 0.1) is 0 Å². The van der Waals surface area contributed by atoms with Gasteiger partial charge in [-0.05, 0) is 12.1 Å². The van der Waals surface area contributed by atoms with E-state index in [1.807, 2.05) is 26.8 Å². The second-order valence-electron chi connectivity index (χ2n) is 10.4. The molecule has 0 aliphatic carbocycles. The molecule has 0 saturated carbocycles. The molecule has 12 nitrogen and oxygen atoms in total. The Labute approximate surface area is 262 Å². The zero-order valence-electron chi connectivity index (χ0n) is 24.4. The van der Waals surface area contributed by atoms with Gasteiger partial charge >= 0.3 is 5.97 Å². The molecule has 234 valence electrons. The van der Waals surface area contributed by atoms with Crippen LogP contribution in [0.25, 0.3) is 0 Å². The fourth-order valence-corrected chi connectivity index (χ4v) is 6.02. The molecule has 0 bridgehead atoms. The molecule has 1 aromatic heterocycles. The smallest absolute Gasteiger partial charge is 0.333 e. The van der Waals surface area contributed by atoms with E-state index in [0.717, 1.165) is 12.1 Å². The maximum Gasteiger partial charge on any atom is 0.333 e. The number of amides is 3. The fraction of sp³-hybridized carbons (Fsp3) is 0.300. The number of nitrogens with one attached hydrogen (secondary N) is 3. The summed E-state index contributed by atoms with van der Waals surface area (Å²) in [4.78, 5) is 67.6. The lowest BCUT2D eigenvalue weighted by Gasteiger charge is -2.21. The molecule has 5 N–H and O–H groups in total. The predicted molar refractivity (Wildman–Crippen MR) is 167 cm³/mol. The lowest BCUT2D eigenvalue weighted by Crippen LogP contribution is -2.50. The Kier molecular flexibility index (Phi) is 12.3. The van der Waals surface area contributed by atoms with Gasteiger partial charge in [-0.25, -0.2) is 4.79 Å². The van der Waals surface area contributed by atoms with Crippen LogP contribution in [0.1, 0.15) is 59.9 Å². The molecule has 44 heavy (non-hydrogen) atoms. The molecule has 1 atom stereocenters. The summed E-state index contributed by atoms with van der Waals surface area (Å²) in [7, 11) is 2.91. The first-order chi connectivity index (χ1) is 20.8. The zero-order valence-corrected chi connectivity index (χ0v) is 26.0. The molecular weight excluding hydrogens is 608 g/mol. The van der Waals surface area contributed by atoms with E-state index in [1.165, 1.54) is 33.7 Å². The number of benzene rings is 2. The Hall–Kier alpha value is -4.43. The van der Waals surface area contributed by atoms with Crippen molar-refractivity contribution >= 4 is 51.1 Å². The van der Waals surface area contributed by atoms with E-state index in [9.17, 15) is 34.2 Å². The van der Waals surface area contributed by atoms with Crippen molar-refractivity contribution in [3.05, 3.63) is 83.4 Å². The first kappa shape index (κ1) is 34.1. The van der Waals surface area contributed by atoms with E-state index < -0.39 is 41.5 Å². The monoisotopic (exact) mass is 642 g/mol. The number of carbonyl (C=O) groups is 5. The van der Waals surface area contributed by atoms with Crippen LogP contribution in [0.5, 0.6) is 11.8 Å². The van der Waals surface area contributed by atoms with Crippen molar-refractivity contribution in [1.82, 2.24) is 20.7 Å². The van der Waals surface area contributed by atoms with E-state index in [0.29, 0.717) is 21.4 Å². The van der Waals surface area contributed by atoms with Crippen molar-refractivity contribution in [2.75, 3.05) is 12.4 Å². The third-order valence-corrected chi connectivity index (χ3v) is 9.05. The van der Waals surface area contributed by atoms with Gasteiger partial charge in [-0.2, -0.15) is 0 Å².